The van der Waals surface area contributed by atoms with Crippen LogP contribution in [0.3, 0.4) is 0 Å². The predicted octanol–water partition coefficient (Wildman–Crippen LogP) is 3.39. The number of hydrogen-bond acceptors (Lipinski definition) is 3. The topological polar surface area (TPSA) is 53.9 Å². The van der Waals surface area contributed by atoms with Gasteiger partial charge >= 0.3 is 5.97 Å². The molecule has 0 aliphatic carbocycles. The molecule has 27 heavy (non-hydrogen) atoms. The lowest BCUT2D eigenvalue weighted by Crippen LogP contribution is -2.60. The number of esters is 1. The van der Waals surface area contributed by atoms with E-state index in [1.54, 1.807) is 0 Å². The summed E-state index contributed by atoms with van der Waals surface area (Å²) < 4.78 is 5.12. The lowest BCUT2D eigenvalue weighted by atomic mass is 9.85. The van der Waals surface area contributed by atoms with Crippen molar-refractivity contribution >= 4 is 11.9 Å². The predicted molar refractivity (Wildman–Crippen MR) is 107 cm³/mol. The highest BCUT2D eigenvalue weighted by Crippen LogP contribution is 2.32. The number of hydrogen-bond donors (Lipinski definition) is 1. The van der Waals surface area contributed by atoms with E-state index >= 15 is 0 Å². The minimum atomic E-state index is -0.312. The highest BCUT2D eigenvalue weighted by molar-refractivity contribution is 5.85. The first-order chi connectivity index (χ1) is 13.2. The Morgan fingerprint density at radius 2 is 1.74 bits per heavy atom. The molecule has 0 aromatic heterocycles. The van der Waals surface area contributed by atoms with E-state index in [2.05, 4.69) is 36.2 Å². The number of nitrogens with zero attached hydrogens (tertiary/aromatic N) is 2. The Morgan fingerprint density at radius 1 is 1.11 bits per heavy atom. The summed E-state index contributed by atoms with van der Waals surface area (Å²) >= 11 is 0. The number of carbonyl (C=O) groups is 1. The maximum atomic E-state index is 12.6. The molecule has 5 heteroatoms. The van der Waals surface area contributed by atoms with Crippen LogP contribution in [0.25, 0.3) is 0 Å². The van der Waals surface area contributed by atoms with E-state index in [4.69, 9.17) is 9.73 Å². The standard InChI is InChI=1S/C22H27N3O2/c1-4-25-16(2)19(21(26)27-3)20(18-13-9-6-10-14-18)24-22(25)23-15-17-11-7-5-8-12-17/h5-14,16,19-20H,4,15H2,1-3H3,(H,23,24)/t16-,19-,20+/m1/s1. The van der Waals surface area contributed by atoms with Crippen LogP contribution in [0, 0.1) is 5.92 Å². The van der Waals surface area contributed by atoms with E-state index in [0.29, 0.717) is 6.54 Å². The van der Waals surface area contributed by atoms with Gasteiger partial charge in [-0.3, -0.25) is 4.79 Å². The number of nitrogens with one attached hydrogen (secondary N) is 1. The van der Waals surface area contributed by atoms with Gasteiger partial charge in [0.2, 0.25) is 0 Å². The summed E-state index contributed by atoms with van der Waals surface area (Å²) in [6, 6.07) is 20.0. The van der Waals surface area contributed by atoms with Crippen molar-refractivity contribution in [2.75, 3.05) is 13.7 Å². The first-order valence-corrected chi connectivity index (χ1v) is 9.40. The largest absolute Gasteiger partial charge is 0.469 e. The molecular weight excluding hydrogens is 338 g/mol. The van der Waals surface area contributed by atoms with E-state index in [1.807, 2.05) is 48.5 Å². The summed E-state index contributed by atoms with van der Waals surface area (Å²) in [4.78, 5) is 19.6. The minimum absolute atomic E-state index is 0.0246. The monoisotopic (exact) mass is 365 g/mol. The zero-order valence-electron chi connectivity index (χ0n) is 16.1. The number of aliphatic imine (C=N–C) groups is 1. The summed E-state index contributed by atoms with van der Waals surface area (Å²) in [7, 11) is 1.45. The van der Waals surface area contributed by atoms with Crippen molar-refractivity contribution in [3.8, 4) is 0 Å². The van der Waals surface area contributed by atoms with Crippen molar-refractivity contribution in [1.29, 1.82) is 0 Å². The molecule has 0 spiro atoms. The van der Waals surface area contributed by atoms with Gasteiger partial charge in [-0.15, -0.1) is 0 Å². The summed E-state index contributed by atoms with van der Waals surface area (Å²) in [6.45, 7) is 5.50. The van der Waals surface area contributed by atoms with Crippen LogP contribution in [0.2, 0.25) is 0 Å². The molecule has 1 aliphatic heterocycles. The summed E-state index contributed by atoms with van der Waals surface area (Å²) in [5, 5.41) is 3.51. The van der Waals surface area contributed by atoms with Gasteiger partial charge in [-0.25, -0.2) is 4.99 Å². The van der Waals surface area contributed by atoms with Crippen molar-refractivity contribution in [3.63, 3.8) is 0 Å². The van der Waals surface area contributed by atoms with Crippen LogP contribution in [0.4, 0.5) is 0 Å². The molecule has 0 unspecified atom stereocenters. The van der Waals surface area contributed by atoms with Gasteiger partial charge in [0.1, 0.15) is 5.92 Å². The van der Waals surface area contributed by atoms with Crippen LogP contribution in [-0.2, 0) is 16.1 Å². The van der Waals surface area contributed by atoms with Gasteiger partial charge in [0.15, 0.2) is 5.96 Å². The number of carbonyl (C=O) groups excluding carboxylic acids is 1. The highest BCUT2D eigenvalue weighted by Gasteiger charge is 2.43. The second-order valence-electron chi connectivity index (χ2n) is 6.73. The number of benzene rings is 2. The molecular formula is C22H27N3O2. The van der Waals surface area contributed by atoms with E-state index < -0.39 is 0 Å². The van der Waals surface area contributed by atoms with Crippen LogP contribution in [-0.4, -0.2) is 36.5 Å². The van der Waals surface area contributed by atoms with Gasteiger partial charge in [-0.2, -0.15) is 0 Å². The SMILES string of the molecule is CCN1C(=NCc2ccccc2)N[C@@H](c2ccccc2)[C@H](C(=O)OC)[C@H]1C. The molecule has 0 bridgehead atoms. The van der Waals surface area contributed by atoms with Crippen LogP contribution >= 0.6 is 0 Å². The van der Waals surface area contributed by atoms with Gasteiger partial charge in [0.05, 0.1) is 19.7 Å². The first-order valence-electron chi connectivity index (χ1n) is 9.40. The van der Waals surface area contributed by atoms with Crippen LogP contribution in [0.5, 0.6) is 0 Å². The van der Waals surface area contributed by atoms with Gasteiger partial charge in [0.25, 0.3) is 0 Å². The molecule has 2 aromatic carbocycles. The van der Waals surface area contributed by atoms with Gasteiger partial charge in [0, 0.05) is 12.6 Å². The van der Waals surface area contributed by atoms with Crippen LogP contribution in [0.15, 0.2) is 65.7 Å². The molecule has 2 aromatic rings. The summed E-state index contributed by atoms with van der Waals surface area (Å²) in [5.74, 6) is 0.306. The van der Waals surface area contributed by atoms with Crippen molar-refractivity contribution < 1.29 is 9.53 Å². The Balaban J connectivity index is 1.94. The highest BCUT2D eigenvalue weighted by atomic mass is 16.5. The Hall–Kier alpha value is -2.82. The van der Waals surface area contributed by atoms with Crippen LogP contribution in [0.1, 0.15) is 31.0 Å². The Kier molecular flexibility index (Phi) is 6.12. The van der Waals surface area contributed by atoms with Gasteiger partial charge in [-0.1, -0.05) is 60.7 Å². The van der Waals surface area contributed by atoms with Crippen molar-refractivity contribution in [2.45, 2.75) is 32.5 Å². The van der Waals surface area contributed by atoms with E-state index in [-0.39, 0.29) is 24.0 Å². The Bertz CT molecular complexity index is 777. The lowest BCUT2D eigenvalue weighted by molar-refractivity contribution is -0.149. The fourth-order valence-corrected chi connectivity index (χ4v) is 3.72. The van der Waals surface area contributed by atoms with Gasteiger partial charge < -0.3 is 15.0 Å². The molecule has 1 heterocycles. The molecule has 0 radical (unpaired) electrons. The first kappa shape index (κ1) is 19.0. The molecule has 5 nitrogen and oxygen atoms in total. The maximum Gasteiger partial charge on any atom is 0.313 e. The second-order valence-corrected chi connectivity index (χ2v) is 6.73. The second kappa shape index (κ2) is 8.71. The molecule has 3 atom stereocenters. The molecule has 0 saturated carbocycles. The third-order valence-electron chi connectivity index (χ3n) is 5.15. The van der Waals surface area contributed by atoms with E-state index in [1.165, 1.54) is 7.11 Å². The number of rotatable bonds is 5. The lowest BCUT2D eigenvalue weighted by Gasteiger charge is -2.45. The fourth-order valence-electron chi connectivity index (χ4n) is 3.72. The zero-order chi connectivity index (χ0) is 19.2. The quantitative estimate of drug-likeness (QED) is 0.826. The molecule has 0 amide bonds. The van der Waals surface area contributed by atoms with Gasteiger partial charge in [-0.05, 0) is 25.0 Å². The van der Waals surface area contributed by atoms with Crippen LogP contribution < -0.4 is 5.32 Å². The normalized spacial score (nSPS) is 23.7. The Labute approximate surface area is 161 Å². The van der Waals surface area contributed by atoms with E-state index in [9.17, 15) is 4.79 Å². The average molecular weight is 365 g/mol. The third-order valence-corrected chi connectivity index (χ3v) is 5.15. The molecule has 1 aliphatic rings. The molecule has 3 rings (SSSR count). The fraction of sp³-hybridized carbons (Fsp3) is 0.364. The third kappa shape index (κ3) is 4.13. The minimum Gasteiger partial charge on any atom is -0.469 e. The number of guanidine groups is 1. The smallest absolute Gasteiger partial charge is 0.313 e. The van der Waals surface area contributed by atoms with Crippen molar-refractivity contribution in [1.82, 2.24) is 10.2 Å². The zero-order valence-corrected chi connectivity index (χ0v) is 16.1. The Morgan fingerprint density at radius 3 is 2.33 bits per heavy atom. The summed E-state index contributed by atoms with van der Waals surface area (Å²) in [5.41, 5.74) is 2.21. The van der Waals surface area contributed by atoms with Crippen molar-refractivity contribution in [2.24, 2.45) is 10.9 Å². The summed E-state index contributed by atoms with van der Waals surface area (Å²) in [6.07, 6.45) is 0. The molecule has 1 fully saturated rings. The molecule has 142 valence electrons. The number of methoxy groups -OCH3 is 1. The maximum absolute atomic E-state index is 12.6. The average Bonchev–Trinajstić information content (AvgIpc) is 2.72. The molecule has 1 N–H and O–H groups in total. The number of ether oxygens (including phenoxy) is 1. The van der Waals surface area contributed by atoms with Crippen molar-refractivity contribution in [3.05, 3.63) is 71.8 Å². The van der Waals surface area contributed by atoms with E-state index in [0.717, 1.165) is 23.6 Å². The molecule has 1 saturated heterocycles.